The van der Waals surface area contributed by atoms with Crippen LogP contribution in [-0.2, 0) is 11.2 Å². The van der Waals surface area contributed by atoms with Crippen LogP contribution in [0.5, 0.6) is 0 Å². The van der Waals surface area contributed by atoms with Crippen molar-refractivity contribution in [2.45, 2.75) is 16.6 Å². The minimum atomic E-state index is -0.897. The van der Waals surface area contributed by atoms with Crippen molar-refractivity contribution in [1.82, 2.24) is 4.98 Å². The number of pyridine rings is 1. The lowest BCUT2D eigenvalue weighted by molar-refractivity contribution is -0.136. The van der Waals surface area contributed by atoms with Crippen LogP contribution in [0.25, 0.3) is 0 Å². The van der Waals surface area contributed by atoms with Gasteiger partial charge in [0.25, 0.3) is 0 Å². The lowest BCUT2D eigenvalue weighted by Crippen LogP contribution is -2.19. The molecule has 4 nitrogen and oxygen atoms in total. The van der Waals surface area contributed by atoms with Crippen molar-refractivity contribution in [3.8, 4) is 6.07 Å². The Morgan fingerprint density at radius 3 is 2.75 bits per heavy atom. The van der Waals surface area contributed by atoms with E-state index in [4.69, 9.17) is 5.26 Å². The molecule has 1 unspecified atom stereocenters. The first-order chi connectivity index (χ1) is 9.70. The van der Waals surface area contributed by atoms with Gasteiger partial charge < -0.3 is 5.11 Å². The van der Waals surface area contributed by atoms with Crippen LogP contribution < -0.4 is 0 Å². The number of aromatic nitrogens is 1. The van der Waals surface area contributed by atoms with Gasteiger partial charge in [0.05, 0.1) is 5.56 Å². The normalized spacial score (nSPS) is 11.6. The highest BCUT2D eigenvalue weighted by molar-refractivity contribution is 8.00. The topological polar surface area (TPSA) is 74.0 Å². The molecular formula is C15H12N2O2S. The average Bonchev–Trinajstić information content (AvgIpc) is 2.48. The van der Waals surface area contributed by atoms with E-state index in [1.165, 1.54) is 12.4 Å². The molecular weight excluding hydrogens is 272 g/mol. The van der Waals surface area contributed by atoms with Crippen LogP contribution in [0, 0.1) is 11.3 Å². The van der Waals surface area contributed by atoms with E-state index < -0.39 is 11.2 Å². The monoisotopic (exact) mass is 284 g/mol. The van der Waals surface area contributed by atoms with Crippen molar-refractivity contribution in [2.75, 3.05) is 0 Å². The van der Waals surface area contributed by atoms with E-state index in [0.29, 0.717) is 16.9 Å². The number of carbonyl (C=O) groups is 1. The van der Waals surface area contributed by atoms with Gasteiger partial charge in [-0.15, -0.1) is 11.8 Å². The summed E-state index contributed by atoms with van der Waals surface area (Å²) >= 11 is 1.16. The Bertz CT molecular complexity index is 638. The number of aliphatic carboxylic acids is 1. The van der Waals surface area contributed by atoms with E-state index in [2.05, 4.69) is 4.98 Å². The molecule has 0 bridgehead atoms. The highest BCUT2D eigenvalue weighted by atomic mass is 32.2. The Kier molecular flexibility index (Phi) is 4.75. The zero-order valence-corrected chi connectivity index (χ0v) is 11.4. The molecule has 1 aromatic carbocycles. The molecule has 0 fully saturated rings. The van der Waals surface area contributed by atoms with Crippen LogP contribution >= 0.6 is 11.8 Å². The number of carboxylic acid groups (broad SMARTS) is 1. The van der Waals surface area contributed by atoms with Gasteiger partial charge in [0.1, 0.15) is 11.3 Å². The first-order valence-corrected chi connectivity index (χ1v) is 6.86. The molecule has 0 aliphatic rings. The molecule has 100 valence electrons. The van der Waals surface area contributed by atoms with Crippen molar-refractivity contribution in [2.24, 2.45) is 0 Å². The van der Waals surface area contributed by atoms with Crippen LogP contribution in [-0.4, -0.2) is 21.3 Å². The Morgan fingerprint density at radius 1 is 1.35 bits per heavy atom. The zero-order valence-electron chi connectivity index (χ0n) is 10.6. The Morgan fingerprint density at radius 2 is 2.10 bits per heavy atom. The average molecular weight is 284 g/mol. The van der Waals surface area contributed by atoms with Gasteiger partial charge in [-0.25, -0.2) is 0 Å². The highest BCUT2D eigenvalue weighted by Crippen LogP contribution is 2.28. The standard InChI is InChI=1S/C15H12N2O2S/c16-9-12-6-7-17-10-14(12)20-13(15(18)19)8-11-4-2-1-3-5-11/h1-7,10,13H,8H2,(H,18,19). The van der Waals surface area contributed by atoms with Gasteiger partial charge in [0, 0.05) is 17.3 Å². The van der Waals surface area contributed by atoms with Gasteiger partial charge >= 0.3 is 5.97 Å². The molecule has 2 aromatic rings. The fourth-order valence-corrected chi connectivity index (χ4v) is 2.77. The van der Waals surface area contributed by atoms with Crippen LogP contribution in [0.2, 0.25) is 0 Å². The summed E-state index contributed by atoms with van der Waals surface area (Å²) in [6.45, 7) is 0. The molecule has 0 aliphatic heterocycles. The molecule has 20 heavy (non-hydrogen) atoms. The molecule has 1 aromatic heterocycles. The van der Waals surface area contributed by atoms with Gasteiger partial charge in [-0.3, -0.25) is 9.78 Å². The largest absolute Gasteiger partial charge is 0.480 e. The molecule has 0 aliphatic carbocycles. The number of hydrogen-bond donors (Lipinski definition) is 1. The molecule has 0 saturated carbocycles. The summed E-state index contributed by atoms with van der Waals surface area (Å²) in [5, 5.41) is 17.7. The molecule has 0 saturated heterocycles. The number of nitrogens with zero attached hydrogens (tertiary/aromatic N) is 2. The van der Waals surface area contributed by atoms with E-state index in [1.807, 2.05) is 36.4 Å². The molecule has 1 heterocycles. The van der Waals surface area contributed by atoms with E-state index in [-0.39, 0.29) is 0 Å². The Hall–Kier alpha value is -2.32. The second kappa shape index (κ2) is 6.73. The van der Waals surface area contributed by atoms with E-state index in [9.17, 15) is 9.90 Å². The minimum absolute atomic E-state index is 0.403. The predicted octanol–water partition coefficient (Wildman–Crippen LogP) is 2.74. The third-order valence-corrected chi connectivity index (χ3v) is 3.95. The maximum atomic E-state index is 11.4. The smallest absolute Gasteiger partial charge is 0.317 e. The fraction of sp³-hybridized carbons (Fsp3) is 0.133. The predicted molar refractivity (Wildman–Crippen MR) is 76.4 cm³/mol. The number of hydrogen-bond acceptors (Lipinski definition) is 4. The maximum absolute atomic E-state index is 11.4. The lowest BCUT2D eigenvalue weighted by atomic mass is 10.1. The maximum Gasteiger partial charge on any atom is 0.317 e. The molecule has 0 radical (unpaired) electrons. The van der Waals surface area contributed by atoms with Gasteiger partial charge in [0.15, 0.2) is 0 Å². The zero-order chi connectivity index (χ0) is 14.4. The van der Waals surface area contributed by atoms with Crippen molar-refractivity contribution >= 4 is 17.7 Å². The molecule has 0 spiro atoms. The summed E-state index contributed by atoms with van der Waals surface area (Å²) in [6.07, 6.45) is 3.46. The number of benzene rings is 1. The summed E-state index contributed by atoms with van der Waals surface area (Å²) in [7, 11) is 0. The summed E-state index contributed by atoms with van der Waals surface area (Å²) in [6, 6.07) is 13.1. The SMILES string of the molecule is N#Cc1ccncc1SC(Cc1ccccc1)C(=O)O. The number of carboxylic acids is 1. The summed E-state index contributed by atoms with van der Waals surface area (Å²) in [4.78, 5) is 15.9. The van der Waals surface area contributed by atoms with E-state index >= 15 is 0 Å². The fourth-order valence-electron chi connectivity index (χ4n) is 1.73. The van der Waals surface area contributed by atoms with Crippen molar-refractivity contribution in [1.29, 1.82) is 5.26 Å². The molecule has 0 amide bonds. The third-order valence-electron chi connectivity index (χ3n) is 2.71. The van der Waals surface area contributed by atoms with Crippen LogP contribution in [0.4, 0.5) is 0 Å². The van der Waals surface area contributed by atoms with Crippen LogP contribution in [0.1, 0.15) is 11.1 Å². The number of rotatable bonds is 5. The summed E-state index contributed by atoms with van der Waals surface area (Å²) < 4.78 is 0. The van der Waals surface area contributed by atoms with Crippen LogP contribution in [0.3, 0.4) is 0 Å². The Balaban J connectivity index is 2.18. The molecule has 5 heteroatoms. The first kappa shape index (κ1) is 14.1. The van der Waals surface area contributed by atoms with Crippen molar-refractivity contribution < 1.29 is 9.90 Å². The first-order valence-electron chi connectivity index (χ1n) is 5.98. The molecule has 1 N–H and O–H groups in total. The minimum Gasteiger partial charge on any atom is -0.480 e. The molecule has 1 atom stereocenters. The highest BCUT2D eigenvalue weighted by Gasteiger charge is 2.21. The van der Waals surface area contributed by atoms with Crippen molar-refractivity contribution in [3.05, 3.63) is 59.9 Å². The summed E-state index contributed by atoms with van der Waals surface area (Å²) in [5.74, 6) is -0.897. The van der Waals surface area contributed by atoms with Crippen molar-refractivity contribution in [3.63, 3.8) is 0 Å². The lowest BCUT2D eigenvalue weighted by Gasteiger charge is -2.12. The van der Waals surface area contributed by atoms with Gasteiger partial charge in [0.2, 0.25) is 0 Å². The second-order valence-corrected chi connectivity index (χ2v) is 5.36. The number of thioether (sulfide) groups is 1. The Labute approximate surface area is 121 Å². The number of nitriles is 1. The molecule has 2 rings (SSSR count). The van der Waals surface area contributed by atoms with Gasteiger partial charge in [-0.05, 0) is 18.1 Å². The second-order valence-electron chi connectivity index (χ2n) is 4.12. The van der Waals surface area contributed by atoms with E-state index in [1.54, 1.807) is 6.07 Å². The summed E-state index contributed by atoms with van der Waals surface area (Å²) in [5.41, 5.74) is 1.40. The van der Waals surface area contributed by atoms with Gasteiger partial charge in [-0.2, -0.15) is 5.26 Å². The third kappa shape index (κ3) is 3.59. The van der Waals surface area contributed by atoms with Crippen LogP contribution in [0.15, 0.2) is 53.7 Å². The van der Waals surface area contributed by atoms with Gasteiger partial charge in [-0.1, -0.05) is 30.3 Å². The quantitative estimate of drug-likeness (QED) is 0.854. The van der Waals surface area contributed by atoms with E-state index in [0.717, 1.165) is 17.3 Å².